The number of phenols is 1. The van der Waals surface area contributed by atoms with Crippen molar-refractivity contribution in [2.45, 2.75) is 91.3 Å². The van der Waals surface area contributed by atoms with Crippen LogP contribution in [0.15, 0.2) is 30.3 Å². The van der Waals surface area contributed by atoms with Crippen molar-refractivity contribution in [2.24, 2.45) is 0 Å². The van der Waals surface area contributed by atoms with E-state index in [2.05, 4.69) is 77.2 Å². The molecule has 2 aromatic carbocycles. The second kappa shape index (κ2) is 10.3. The molecule has 30 heavy (non-hydrogen) atoms. The van der Waals surface area contributed by atoms with Crippen molar-refractivity contribution >= 4 is 13.9 Å². The minimum atomic E-state index is -0.0835. The highest BCUT2D eigenvalue weighted by Crippen LogP contribution is 2.50. The molecule has 0 aliphatic rings. The van der Waals surface area contributed by atoms with Gasteiger partial charge in [0.05, 0.1) is 0 Å². The fraction of sp³-hybridized carbons (Fsp3) is 0.556. The van der Waals surface area contributed by atoms with Crippen molar-refractivity contribution in [1.82, 2.24) is 5.32 Å². The minimum absolute atomic E-state index is 0.0562. The first kappa shape index (κ1) is 24.9. The van der Waals surface area contributed by atoms with Crippen LogP contribution in [0.2, 0.25) is 0 Å². The summed E-state index contributed by atoms with van der Waals surface area (Å²) in [6, 6.07) is 11.1. The summed E-state index contributed by atoms with van der Waals surface area (Å²) in [4.78, 5) is 0. The van der Waals surface area contributed by atoms with E-state index in [1.165, 1.54) is 41.3 Å². The van der Waals surface area contributed by atoms with Gasteiger partial charge in [-0.05, 0) is 60.3 Å². The number of phenolic OH excluding ortho intramolecular Hbond substituents is 1. The zero-order valence-electron chi connectivity index (χ0n) is 20.4. The third kappa shape index (κ3) is 5.86. The summed E-state index contributed by atoms with van der Waals surface area (Å²) in [5.41, 5.74) is 6.21. The van der Waals surface area contributed by atoms with E-state index in [0.29, 0.717) is 14.3 Å². The second-order valence-electron chi connectivity index (χ2n) is 9.99. The molecule has 0 heterocycles. The molecular formula is C27H42NOP. The van der Waals surface area contributed by atoms with Gasteiger partial charge in [0.15, 0.2) is 0 Å². The van der Waals surface area contributed by atoms with Gasteiger partial charge in [-0.1, -0.05) is 92.8 Å². The maximum absolute atomic E-state index is 11.2. The summed E-state index contributed by atoms with van der Waals surface area (Å²) in [5.74, 6) is 0.484. The molecule has 0 saturated heterocycles. The number of nitrogens with one attached hydrogen (secondary N) is 1. The fourth-order valence-corrected chi connectivity index (χ4v) is 5.94. The van der Waals surface area contributed by atoms with Crippen LogP contribution in [0.25, 0.3) is 0 Å². The first-order valence-corrected chi connectivity index (χ1v) is 12.4. The van der Waals surface area contributed by atoms with Crippen LogP contribution in [-0.4, -0.2) is 12.2 Å². The Hall–Kier alpha value is -1.37. The van der Waals surface area contributed by atoms with Crippen LogP contribution in [0, 0.1) is 13.8 Å². The Kier molecular flexibility index (Phi) is 8.54. The van der Waals surface area contributed by atoms with Crippen LogP contribution in [0.4, 0.5) is 0 Å². The lowest BCUT2D eigenvalue weighted by Gasteiger charge is -2.35. The number of benzene rings is 2. The third-order valence-electron chi connectivity index (χ3n) is 6.17. The Morgan fingerprint density at radius 3 is 2.30 bits per heavy atom. The number of hydrogen-bond acceptors (Lipinski definition) is 2. The van der Waals surface area contributed by atoms with E-state index in [0.717, 1.165) is 24.1 Å². The van der Waals surface area contributed by atoms with Gasteiger partial charge in [-0.15, -0.1) is 0 Å². The molecule has 0 spiro atoms. The standard InChI is InChI=1S/C27H42NOP/c1-9-10-11-15-27(7,30-25-19(2)13-12-14-21(25)18-28-8)23-17-22(26(4,5)6)16-20(3)24(23)29/h12-14,16-17,28-30H,9-11,15,18H2,1-8H3. The van der Waals surface area contributed by atoms with E-state index in [-0.39, 0.29) is 10.6 Å². The quantitative estimate of drug-likeness (QED) is 0.340. The summed E-state index contributed by atoms with van der Waals surface area (Å²) in [7, 11) is 2.63. The summed E-state index contributed by atoms with van der Waals surface area (Å²) in [6.07, 6.45) is 4.72. The van der Waals surface area contributed by atoms with E-state index < -0.39 is 0 Å². The molecule has 2 N–H and O–H groups in total. The van der Waals surface area contributed by atoms with Gasteiger partial charge in [-0.2, -0.15) is 0 Å². The molecule has 166 valence electrons. The van der Waals surface area contributed by atoms with Crippen molar-refractivity contribution in [2.75, 3.05) is 7.05 Å². The van der Waals surface area contributed by atoms with E-state index in [1.807, 2.05) is 14.0 Å². The molecule has 0 radical (unpaired) electrons. The minimum Gasteiger partial charge on any atom is -0.507 e. The van der Waals surface area contributed by atoms with E-state index >= 15 is 0 Å². The van der Waals surface area contributed by atoms with E-state index in [1.54, 1.807) is 0 Å². The zero-order chi connectivity index (χ0) is 22.5. The summed E-state index contributed by atoms with van der Waals surface area (Å²) in [5, 5.41) is 15.9. The van der Waals surface area contributed by atoms with Crippen LogP contribution in [0.1, 0.15) is 88.1 Å². The summed E-state index contributed by atoms with van der Waals surface area (Å²) in [6.45, 7) is 16.5. The van der Waals surface area contributed by atoms with Gasteiger partial charge in [-0.3, -0.25) is 0 Å². The average Bonchev–Trinajstić information content (AvgIpc) is 2.66. The number of aryl methyl sites for hydroxylation is 2. The van der Waals surface area contributed by atoms with Gasteiger partial charge >= 0.3 is 0 Å². The van der Waals surface area contributed by atoms with Gasteiger partial charge in [0.1, 0.15) is 5.75 Å². The Bertz CT molecular complexity index is 853. The highest BCUT2D eigenvalue weighted by atomic mass is 31.1. The topological polar surface area (TPSA) is 32.3 Å². The SMILES string of the molecule is CCCCCC(C)(Pc1c(C)cccc1CNC)c1cc(C(C)(C)C)cc(C)c1O. The smallest absolute Gasteiger partial charge is 0.122 e. The number of unbranched alkanes of at least 4 members (excludes halogenated alkanes) is 2. The van der Waals surface area contributed by atoms with E-state index in [9.17, 15) is 5.11 Å². The molecule has 0 aliphatic carbocycles. The Balaban J connectivity index is 2.63. The van der Waals surface area contributed by atoms with Crippen LogP contribution >= 0.6 is 8.58 Å². The van der Waals surface area contributed by atoms with Gasteiger partial charge in [0, 0.05) is 17.3 Å². The first-order valence-electron chi connectivity index (χ1n) is 11.4. The Morgan fingerprint density at radius 2 is 1.70 bits per heavy atom. The largest absolute Gasteiger partial charge is 0.507 e. The van der Waals surface area contributed by atoms with Gasteiger partial charge in [0.25, 0.3) is 0 Å². The molecule has 0 amide bonds. The first-order chi connectivity index (χ1) is 14.0. The van der Waals surface area contributed by atoms with Crippen LogP contribution in [-0.2, 0) is 17.1 Å². The molecule has 0 aliphatic heterocycles. The summed E-state index contributed by atoms with van der Waals surface area (Å²) < 4.78 is 0. The molecule has 0 fully saturated rings. The molecule has 0 saturated carbocycles. The van der Waals surface area contributed by atoms with Crippen LogP contribution in [0.3, 0.4) is 0 Å². The lowest BCUT2D eigenvalue weighted by molar-refractivity contribution is 0.444. The maximum atomic E-state index is 11.2. The fourth-order valence-electron chi connectivity index (χ4n) is 4.15. The van der Waals surface area contributed by atoms with Crippen molar-refractivity contribution in [1.29, 1.82) is 0 Å². The third-order valence-corrected chi connectivity index (χ3v) is 8.21. The van der Waals surface area contributed by atoms with Crippen molar-refractivity contribution in [3.05, 3.63) is 58.1 Å². The molecule has 0 aromatic heterocycles. The second-order valence-corrected chi connectivity index (χ2v) is 11.8. The maximum Gasteiger partial charge on any atom is 0.122 e. The Labute approximate surface area is 186 Å². The number of rotatable bonds is 9. The number of hydrogen-bond donors (Lipinski definition) is 2. The molecule has 2 atom stereocenters. The monoisotopic (exact) mass is 427 g/mol. The average molecular weight is 428 g/mol. The molecule has 2 nitrogen and oxygen atoms in total. The predicted molar refractivity (Wildman–Crippen MR) is 135 cm³/mol. The van der Waals surface area contributed by atoms with Crippen molar-refractivity contribution < 1.29 is 5.11 Å². The normalized spacial score (nSPS) is 14.4. The van der Waals surface area contributed by atoms with Crippen LogP contribution in [0.5, 0.6) is 5.75 Å². The molecule has 2 unspecified atom stereocenters. The zero-order valence-corrected chi connectivity index (χ0v) is 21.4. The van der Waals surface area contributed by atoms with Gasteiger partial charge in [-0.25, -0.2) is 0 Å². The van der Waals surface area contributed by atoms with Gasteiger partial charge in [0.2, 0.25) is 0 Å². The van der Waals surface area contributed by atoms with Crippen LogP contribution < -0.4 is 10.6 Å². The van der Waals surface area contributed by atoms with Crippen molar-refractivity contribution in [3.63, 3.8) is 0 Å². The Morgan fingerprint density at radius 1 is 1.00 bits per heavy atom. The molecule has 3 heteroatoms. The number of aromatic hydroxyl groups is 1. The molecular weight excluding hydrogens is 385 g/mol. The lowest BCUT2D eigenvalue weighted by Crippen LogP contribution is -2.25. The van der Waals surface area contributed by atoms with Gasteiger partial charge < -0.3 is 10.4 Å². The lowest BCUT2D eigenvalue weighted by atomic mass is 9.82. The van der Waals surface area contributed by atoms with Crippen molar-refractivity contribution in [3.8, 4) is 5.75 Å². The molecule has 2 aromatic rings. The predicted octanol–water partition coefficient (Wildman–Crippen LogP) is 6.83. The summed E-state index contributed by atoms with van der Waals surface area (Å²) >= 11 is 0. The highest BCUT2D eigenvalue weighted by molar-refractivity contribution is 7.48. The molecule has 0 bridgehead atoms. The molecule has 2 rings (SSSR count). The van der Waals surface area contributed by atoms with E-state index in [4.69, 9.17) is 0 Å². The highest BCUT2D eigenvalue weighted by Gasteiger charge is 2.33.